The lowest BCUT2D eigenvalue weighted by molar-refractivity contribution is -0.153. The molecule has 0 aromatic carbocycles. The second kappa shape index (κ2) is 7.26. The molecule has 0 aromatic rings. The predicted octanol–water partition coefficient (Wildman–Crippen LogP) is 1.13. The lowest BCUT2D eigenvalue weighted by atomic mass is 10.1. The smallest absolute Gasteiger partial charge is 0.328 e. The largest absolute Gasteiger partial charge is 0.467 e. The van der Waals surface area contributed by atoms with Crippen LogP contribution in [0.25, 0.3) is 0 Å². The van der Waals surface area contributed by atoms with Crippen molar-refractivity contribution in [3.8, 4) is 0 Å². The minimum Gasteiger partial charge on any atom is -0.467 e. The molecule has 0 aromatic heterocycles. The van der Waals surface area contributed by atoms with Crippen LogP contribution < -0.4 is 0 Å². The van der Waals surface area contributed by atoms with Crippen LogP contribution in [0.2, 0.25) is 0 Å². The average Bonchev–Trinajstić information content (AvgIpc) is 2.77. The second-order valence-electron chi connectivity index (χ2n) is 5.51. The van der Waals surface area contributed by atoms with Gasteiger partial charge < -0.3 is 14.4 Å². The highest BCUT2D eigenvalue weighted by Gasteiger charge is 2.40. The molecule has 0 bridgehead atoms. The minimum absolute atomic E-state index is 0.0892. The van der Waals surface area contributed by atoms with Crippen LogP contribution >= 0.6 is 0 Å². The number of ether oxygens (including phenoxy) is 2. The first-order chi connectivity index (χ1) is 9.36. The third-order valence-corrected chi connectivity index (χ3v) is 3.24. The Morgan fingerprint density at radius 3 is 2.55 bits per heavy atom. The number of amides is 1. The number of rotatable bonds is 6. The molecular weight excluding hydrogens is 262 g/mol. The lowest BCUT2D eigenvalue weighted by Gasteiger charge is -2.28. The number of carbonyl (C=O) groups is 3. The van der Waals surface area contributed by atoms with Crippen molar-refractivity contribution >= 4 is 17.8 Å². The van der Waals surface area contributed by atoms with Gasteiger partial charge in [0.15, 0.2) is 0 Å². The summed E-state index contributed by atoms with van der Waals surface area (Å²) >= 11 is 0. The summed E-state index contributed by atoms with van der Waals surface area (Å²) < 4.78 is 9.80. The molecule has 0 N–H and O–H groups in total. The van der Waals surface area contributed by atoms with Gasteiger partial charge in [0.05, 0.1) is 20.1 Å². The van der Waals surface area contributed by atoms with Gasteiger partial charge in [-0.05, 0) is 19.3 Å². The molecule has 1 aliphatic rings. The Morgan fingerprint density at radius 1 is 1.35 bits per heavy atom. The van der Waals surface area contributed by atoms with Crippen LogP contribution in [-0.4, -0.2) is 48.5 Å². The Labute approximate surface area is 119 Å². The average molecular weight is 285 g/mol. The molecule has 20 heavy (non-hydrogen) atoms. The van der Waals surface area contributed by atoms with Gasteiger partial charge in [-0.1, -0.05) is 13.8 Å². The molecule has 2 unspecified atom stereocenters. The van der Waals surface area contributed by atoms with Crippen LogP contribution in [0.15, 0.2) is 0 Å². The first kappa shape index (κ1) is 16.5. The standard InChI is InChI=1S/C14H23NO5/c1-9(2)8-20-13(17)7-10(3)15-11(14(18)19-4)5-6-12(15)16/h9-11H,5-8H2,1-4H3. The Kier molecular flexibility index (Phi) is 5.98. The number of nitrogens with zero attached hydrogens (tertiary/aromatic N) is 1. The quantitative estimate of drug-likeness (QED) is 0.684. The summed E-state index contributed by atoms with van der Waals surface area (Å²) in [6.07, 6.45) is 0.841. The van der Waals surface area contributed by atoms with Gasteiger partial charge in [-0.15, -0.1) is 0 Å². The Bertz CT molecular complexity index is 380. The maximum absolute atomic E-state index is 11.9. The molecule has 0 spiro atoms. The van der Waals surface area contributed by atoms with Crippen molar-refractivity contribution < 1.29 is 23.9 Å². The first-order valence-corrected chi connectivity index (χ1v) is 6.91. The van der Waals surface area contributed by atoms with E-state index in [-0.39, 0.29) is 30.3 Å². The first-order valence-electron chi connectivity index (χ1n) is 6.91. The monoisotopic (exact) mass is 285 g/mol. The van der Waals surface area contributed by atoms with E-state index in [1.165, 1.54) is 12.0 Å². The molecule has 114 valence electrons. The number of carbonyl (C=O) groups excluding carboxylic acids is 3. The van der Waals surface area contributed by atoms with E-state index < -0.39 is 12.0 Å². The molecule has 2 atom stereocenters. The molecule has 1 heterocycles. The third kappa shape index (κ3) is 4.21. The number of hydrogen-bond donors (Lipinski definition) is 0. The molecule has 1 saturated heterocycles. The second-order valence-corrected chi connectivity index (χ2v) is 5.51. The van der Waals surface area contributed by atoms with Crippen LogP contribution in [-0.2, 0) is 23.9 Å². The van der Waals surface area contributed by atoms with Gasteiger partial charge >= 0.3 is 11.9 Å². The molecule has 1 rings (SSSR count). The summed E-state index contributed by atoms with van der Waals surface area (Å²) in [5.41, 5.74) is 0. The molecule has 0 aliphatic carbocycles. The zero-order chi connectivity index (χ0) is 15.3. The van der Waals surface area contributed by atoms with E-state index in [9.17, 15) is 14.4 Å². The Hall–Kier alpha value is -1.59. The topological polar surface area (TPSA) is 72.9 Å². The fourth-order valence-electron chi connectivity index (χ4n) is 2.28. The van der Waals surface area contributed by atoms with E-state index in [0.717, 1.165) is 0 Å². The van der Waals surface area contributed by atoms with Crippen LogP contribution in [0.4, 0.5) is 0 Å². The molecule has 1 aliphatic heterocycles. The van der Waals surface area contributed by atoms with Crippen molar-refractivity contribution in [2.45, 2.75) is 52.1 Å². The van der Waals surface area contributed by atoms with Crippen LogP contribution in [0.3, 0.4) is 0 Å². The fraction of sp³-hybridized carbons (Fsp3) is 0.786. The summed E-state index contributed by atoms with van der Waals surface area (Å²) in [5.74, 6) is -0.636. The molecule has 1 fully saturated rings. The molecule has 0 radical (unpaired) electrons. The summed E-state index contributed by atoms with van der Waals surface area (Å²) in [4.78, 5) is 36.6. The van der Waals surface area contributed by atoms with E-state index >= 15 is 0 Å². The molecule has 6 heteroatoms. The number of hydrogen-bond acceptors (Lipinski definition) is 5. The molecule has 6 nitrogen and oxygen atoms in total. The number of esters is 2. The number of likely N-dealkylation sites (tertiary alicyclic amines) is 1. The molecule has 0 saturated carbocycles. The Balaban J connectivity index is 2.59. The van der Waals surface area contributed by atoms with E-state index in [4.69, 9.17) is 9.47 Å². The normalized spacial score (nSPS) is 20.1. The summed E-state index contributed by atoms with van der Waals surface area (Å²) in [6.45, 7) is 6.01. The molecule has 1 amide bonds. The van der Waals surface area contributed by atoms with Gasteiger partial charge in [-0.3, -0.25) is 9.59 Å². The van der Waals surface area contributed by atoms with Crippen molar-refractivity contribution in [2.24, 2.45) is 5.92 Å². The minimum atomic E-state index is -0.583. The highest BCUT2D eigenvalue weighted by atomic mass is 16.5. The maximum atomic E-state index is 11.9. The van der Waals surface area contributed by atoms with Gasteiger partial charge in [0.1, 0.15) is 6.04 Å². The zero-order valence-electron chi connectivity index (χ0n) is 12.5. The SMILES string of the molecule is COC(=O)C1CCC(=O)N1C(C)CC(=O)OCC(C)C. The predicted molar refractivity (Wildman–Crippen MR) is 71.8 cm³/mol. The van der Waals surface area contributed by atoms with Gasteiger partial charge in [0.2, 0.25) is 5.91 Å². The van der Waals surface area contributed by atoms with Crippen LogP contribution in [0.5, 0.6) is 0 Å². The summed E-state index contributed by atoms with van der Waals surface area (Å²) in [5, 5.41) is 0. The van der Waals surface area contributed by atoms with Crippen LogP contribution in [0.1, 0.15) is 40.0 Å². The van der Waals surface area contributed by atoms with Crippen LogP contribution in [0, 0.1) is 5.92 Å². The van der Waals surface area contributed by atoms with Gasteiger partial charge in [0.25, 0.3) is 0 Å². The van der Waals surface area contributed by atoms with Crippen molar-refractivity contribution in [3.05, 3.63) is 0 Å². The van der Waals surface area contributed by atoms with Gasteiger partial charge in [0, 0.05) is 12.5 Å². The fourth-order valence-corrected chi connectivity index (χ4v) is 2.28. The van der Waals surface area contributed by atoms with E-state index in [1.54, 1.807) is 6.92 Å². The highest BCUT2D eigenvalue weighted by Crippen LogP contribution is 2.24. The van der Waals surface area contributed by atoms with Crippen molar-refractivity contribution in [1.29, 1.82) is 0 Å². The van der Waals surface area contributed by atoms with Crippen molar-refractivity contribution in [3.63, 3.8) is 0 Å². The van der Waals surface area contributed by atoms with Crippen molar-refractivity contribution in [1.82, 2.24) is 4.90 Å². The Morgan fingerprint density at radius 2 is 2.00 bits per heavy atom. The lowest BCUT2D eigenvalue weighted by Crippen LogP contribution is -2.45. The number of methoxy groups -OCH3 is 1. The third-order valence-electron chi connectivity index (χ3n) is 3.24. The summed E-state index contributed by atoms with van der Waals surface area (Å²) in [7, 11) is 1.30. The van der Waals surface area contributed by atoms with E-state index in [1.807, 2.05) is 13.8 Å². The maximum Gasteiger partial charge on any atom is 0.328 e. The van der Waals surface area contributed by atoms with E-state index in [2.05, 4.69) is 0 Å². The highest BCUT2D eigenvalue weighted by molar-refractivity contribution is 5.88. The van der Waals surface area contributed by atoms with Gasteiger partial charge in [-0.2, -0.15) is 0 Å². The summed E-state index contributed by atoms with van der Waals surface area (Å²) in [6, 6.07) is -0.950. The molecular formula is C14H23NO5. The van der Waals surface area contributed by atoms with Crippen molar-refractivity contribution in [2.75, 3.05) is 13.7 Å². The van der Waals surface area contributed by atoms with E-state index in [0.29, 0.717) is 19.4 Å². The zero-order valence-corrected chi connectivity index (χ0v) is 12.5. The van der Waals surface area contributed by atoms with Gasteiger partial charge in [-0.25, -0.2) is 4.79 Å².